The summed E-state index contributed by atoms with van der Waals surface area (Å²) in [6.45, 7) is 1.64. The monoisotopic (exact) mass is 340 g/mol. The molecule has 1 aliphatic heterocycles. The molecular weight excluding hydrogens is 320 g/mol. The van der Waals surface area contributed by atoms with Crippen molar-refractivity contribution in [3.05, 3.63) is 35.9 Å². The van der Waals surface area contributed by atoms with Gasteiger partial charge in [-0.2, -0.15) is 0 Å². The van der Waals surface area contributed by atoms with Crippen LogP contribution in [0.4, 0.5) is 0 Å². The van der Waals surface area contributed by atoms with E-state index in [0.717, 1.165) is 0 Å². The zero-order valence-electron chi connectivity index (χ0n) is 12.9. The van der Waals surface area contributed by atoms with E-state index in [1.165, 1.54) is 0 Å². The Bertz CT molecular complexity index is 682. The molecule has 1 aliphatic rings. The van der Waals surface area contributed by atoms with Crippen molar-refractivity contribution < 1.29 is 27.9 Å². The molecule has 0 bridgehead atoms. The molecule has 1 aromatic rings. The predicted octanol–water partition coefficient (Wildman–Crippen LogP) is 1.30. The molecule has 0 spiro atoms. The highest BCUT2D eigenvalue weighted by Gasteiger charge is 2.56. The number of benzene rings is 1. The van der Waals surface area contributed by atoms with Crippen molar-refractivity contribution in [3.63, 3.8) is 0 Å². The first-order valence-corrected chi connectivity index (χ1v) is 9.29. The lowest BCUT2D eigenvalue weighted by Crippen LogP contribution is -2.49. The SMILES string of the molecule is CCOC(=O)C(Cc1ccccc1)(C(=O)O)C1CCS(=O)(=O)C1. The third kappa shape index (κ3) is 3.55. The molecule has 1 fully saturated rings. The largest absolute Gasteiger partial charge is 0.480 e. The molecule has 0 saturated carbocycles. The van der Waals surface area contributed by atoms with Crippen molar-refractivity contribution in [1.82, 2.24) is 0 Å². The zero-order chi connectivity index (χ0) is 17.1. The molecule has 2 rings (SSSR count). The fourth-order valence-electron chi connectivity index (χ4n) is 3.08. The number of hydrogen-bond acceptors (Lipinski definition) is 5. The topological polar surface area (TPSA) is 97.7 Å². The Morgan fingerprint density at radius 3 is 2.43 bits per heavy atom. The Balaban J connectivity index is 2.47. The fraction of sp³-hybridized carbons (Fsp3) is 0.500. The molecule has 1 N–H and O–H groups in total. The lowest BCUT2D eigenvalue weighted by Gasteiger charge is -2.32. The molecule has 0 amide bonds. The van der Waals surface area contributed by atoms with Gasteiger partial charge in [-0.15, -0.1) is 0 Å². The highest BCUT2D eigenvalue weighted by atomic mass is 32.2. The number of sulfone groups is 1. The Labute approximate surface area is 135 Å². The number of esters is 1. The first-order valence-electron chi connectivity index (χ1n) is 7.47. The van der Waals surface area contributed by atoms with Crippen molar-refractivity contribution >= 4 is 21.8 Å². The average Bonchev–Trinajstić information content (AvgIpc) is 2.86. The van der Waals surface area contributed by atoms with Crippen LogP contribution in [0.3, 0.4) is 0 Å². The lowest BCUT2D eigenvalue weighted by molar-refractivity contribution is -0.172. The van der Waals surface area contributed by atoms with Gasteiger partial charge in [-0.1, -0.05) is 30.3 Å². The Morgan fingerprint density at radius 2 is 1.96 bits per heavy atom. The van der Waals surface area contributed by atoms with E-state index in [2.05, 4.69) is 0 Å². The summed E-state index contributed by atoms with van der Waals surface area (Å²) in [5, 5.41) is 9.82. The van der Waals surface area contributed by atoms with Gasteiger partial charge < -0.3 is 9.84 Å². The lowest BCUT2D eigenvalue weighted by atomic mass is 9.70. The van der Waals surface area contributed by atoms with Gasteiger partial charge in [-0.3, -0.25) is 9.59 Å². The first kappa shape index (κ1) is 17.5. The third-order valence-corrected chi connectivity index (χ3v) is 6.04. The molecule has 0 aliphatic carbocycles. The maximum Gasteiger partial charge on any atom is 0.324 e. The summed E-state index contributed by atoms with van der Waals surface area (Å²) in [6.07, 6.45) is 0.0719. The quantitative estimate of drug-likeness (QED) is 0.619. The number of ether oxygens (including phenoxy) is 1. The molecule has 1 saturated heterocycles. The van der Waals surface area contributed by atoms with Gasteiger partial charge in [0.15, 0.2) is 15.3 Å². The Hall–Kier alpha value is -1.89. The normalized spacial score (nSPS) is 22.2. The standard InChI is InChI=1S/C16H20O6S/c1-2-22-15(19)16(14(17)18,10-12-6-4-3-5-7-12)13-8-9-23(20,21)11-13/h3-7,13H,2,8-11H2,1H3,(H,17,18). The summed E-state index contributed by atoms with van der Waals surface area (Å²) in [4.78, 5) is 24.6. The molecule has 1 heterocycles. The van der Waals surface area contributed by atoms with Crippen LogP contribution in [0.15, 0.2) is 30.3 Å². The van der Waals surface area contributed by atoms with Crippen LogP contribution in [0.5, 0.6) is 0 Å². The van der Waals surface area contributed by atoms with Crippen LogP contribution >= 0.6 is 0 Å². The predicted molar refractivity (Wildman–Crippen MR) is 83.6 cm³/mol. The molecule has 126 valence electrons. The minimum absolute atomic E-state index is 0.0438. The Morgan fingerprint density at radius 1 is 1.30 bits per heavy atom. The Kier molecular flexibility index (Phi) is 5.09. The van der Waals surface area contributed by atoms with Gasteiger partial charge in [0.1, 0.15) is 0 Å². The van der Waals surface area contributed by atoms with Crippen molar-refractivity contribution in [1.29, 1.82) is 0 Å². The number of aliphatic carboxylic acids is 1. The van der Waals surface area contributed by atoms with Crippen molar-refractivity contribution in [3.8, 4) is 0 Å². The van der Waals surface area contributed by atoms with E-state index < -0.39 is 33.1 Å². The number of rotatable bonds is 6. The van der Waals surface area contributed by atoms with Crippen molar-refractivity contribution in [2.45, 2.75) is 19.8 Å². The smallest absolute Gasteiger partial charge is 0.324 e. The van der Waals surface area contributed by atoms with Crippen LogP contribution in [-0.2, 0) is 30.6 Å². The molecule has 6 nitrogen and oxygen atoms in total. The van der Waals surface area contributed by atoms with Crippen LogP contribution in [-0.4, -0.2) is 43.6 Å². The summed E-state index contributed by atoms with van der Waals surface area (Å²) in [5.41, 5.74) is -1.21. The van der Waals surface area contributed by atoms with E-state index in [-0.39, 0.29) is 31.0 Å². The fourth-order valence-corrected chi connectivity index (χ4v) is 4.96. The molecule has 2 atom stereocenters. The van der Waals surface area contributed by atoms with Gasteiger partial charge in [-0.05, 0) is 25.3 Å². The van der Waals surface area contributed by atoms with Crippen LogP contribution in [0.25, 0.3) is 0 Å². The van der Waals surface area contributed by atoms with Gasteiger partial charge in [0.25, 0.3) is 0 Å². The molecule has 2 unspecified atom stereocenters. The highest BCUT2D eigenvalue weighted by molar-refractivity contribution is 7.91. The molecule has 0 aromatic heterocycles. The number of carbonyl (C=O) groups is 2. The van der Waals surface area contributed by atoms with Crippen LogP contribution < -0.4 is 0 Å². The van der Waals surface area contributed by atoms with E-state index >= 15 is 0 Å². The van der Waals surface area contributed by atoms with Crippen LogP contribution in [0, 0.1) is 11.3 Å². The second kappa shape index (κ2) is 6.70. The maximum absolute atomic E-state index is 12.5. The molecular formula is C16H20O6S. The minimum atomic E-state index is -3.32. The summed E-state index contributed by atoms with van der Waals surface area (Å²) in [5.74, 6) is -3.38. The van der Waals surface area contributed by atoms with E-state index in [4.69, 9.17) is 4.74 Å². The number of carbonyl (C=O) groups excluding carboxylic acids is 1. The first-order chi connectivity index (χ1) is 10.8. The van der Waals surface area contributed by atoms with E-state index in [0.29, 0.717) is 5.56 Å². The van der Waals surface area contributed by atoms with E-state index in [9.17, 15) is 23.1 Å². The van der Waals surface area contributed by atoms with Gasteiger partial charge in [0.2, 0.25) is 0 Å². The van der Waals surface area contributed by atoms with Crippen molar-refractivity contribution in [2.24, 2.45) is 11.3 Å². The van der Waals surface area contributed by atoms with E-state index in [1.54, 1.807) is 37.3 Å². The van der Waals surface area contributed by atoms with Crippen molar-refractivity contribution in [2.75, 3.05) is 18.1 Å². The number of hydrogen-bond donors (Lipinski definition) is 1. The van der Waals surface area contributed by atoms with Gasteiger partial charge in [0.05, 0.1) is 18.1 Å². The minimum Gasteiger partial charge on any atom is -0.480 e. The van der Waals surface area contributed by atoms with Gasteiger partial charge >= 0.3 is 11.9 Å². The second-order valence-corrected chi connectivity index (χ2v) is 7.99. The number of carboxylic acid groups (broad SMARTS) is 1. The highest BCUT2D eigenvalue weighted by Crippen LogP contribution is 2.40. The summed E-state index contributed by atoms with van der Waals surface area (Å²) in [7, 11) is -3.32. The maximum atomic E-state index is 12.5. The molecule has 1 aromatic carbocycles. The average molecular weight is 340 g/mol. The van der Waals surface area contributed by atoms with Crippen LogP contribution in [0.1, 0.15) is 18.9 Å². The summed E-state index contributed by atoms with van der Waals surface area (Å²) < 4.78 is 28.6. The van der Waals surface area contributed by atoms with Crippen LogP contribution in [0.2, 0.25) is 0 Å². The number of carboxylic acids is 1. The second-order valence-electron chi connectivity index (χ2n) is 5.76. The summed E-state index contributed by atoms with van der Waals surface area (Å²) >= 11 is 0. The summed E-state index contributed by atoms with van der Waals surface area (Å²) in [6, 6.07) is 8.73. The van der Waals surface area contributed by atoms with Gasteiger partial charge in [-0.25, -0.2) is 8.42 Å². The molecule has 0 radical (unpaired) electrons. The molecule has 7 heteroatoms. The zero-order valence-corrected chi connectivity index (χ0v) is 13.7. The molecule has 23 heavy (non-hydrogen) atoms. The van der Waals surface area contributed by atoms with Gasteiger partial charge in [0, 0.05) is 5.92 Å². The third-order valence-electron chi connectivity index (χ3n) is 4.28. The van der Waals surface area contributed by atoms with E-state index in [1.807, 2.05) is 0 Å².